The van der Waals surface area contributed by atoms with Crippen molar-refractivity contribution in [2.24, 2.45) is 0 Å². The number of hydrogen-bond donors (Lipinski definition) is 0. The van der Waals surface area contributed by atoms with Crippen LogP contribution in [0, 0.1) is 12.7 Å². The molecule has 1 aliphatic rings. The molecule has 0 aromatic heterocycles. The van der Waals surface area contributed by atoms with Gasteiger partial charge in [-0.2, -0.15) is 4.31 Å². The van der Waals surface area contributed by atoms with Crippen molar-refractivity contribution in [1.82, 2.24) is 9.21 Å². The first-order chi connectivity index (χ1) is 13.7. The second kappa shape index (κ2) is 8.63. The van der Waals surface area contributed by atoms with Crippen LogP contribution in [0.15, 0.2) is 47.4 Å². The molecule has 1 fully saturated rings. The number of carbonyl (C=O) groups excluding carboxylic acids is 1. The zero-order valence-corrected chi connectivity index (χ0v) is 17.9. The number of hydrogen-bond acceptors (Lipinski definition) is 3. The summed E-state index contributed by atoms with van der Waals surface area (Å²) in [5.41, 5.74) is 1.87. The molecule has 1 unspecified atom stereocenters. The van der Waals surface area contributed by atoms with Crippen LogP contribution < -0.4 is 0 Å². The van der Waals surface area contributed by atoms with Crippen LogP contribution in [-0.2, 0) is 16.6 Å². The largest absolute Gasteiger partial charge is 0.337 e. The van der Waals surface area contributed by atoms with Gasteiger partial charge in [0.1, 0.15) is 5.82 Å². The molecule has 3 rings (SSSR count). The Kier molecular flexibility index (Phi) is 6.39. The quantitative estimate of drug-likeness (QED) is 0.738. The van der Waals surface area contributed by atoms with Crippen molar-refractivity contribution in [2.45, 2.75) is 50.6 Å². The van der Waals surface area contributed by atoms with E-state index < -0.39 is 10.0 Å². The van der Waals surface area contributed by atoms with Crippen LogP contribution in [-0.4, -0.2) is 43.2 Å². The summed E-state index contributed by atoms with van der Waals surface area (Å²) >= 11 is 0. The van der Waals surface area contributed by atoms with Crippen molar-refractivity contribution in [3.05, 3.63) is 65.0 Å². The van der Waals surface area contributed by atoms with E-state index in [-0.39, 0.29) is 22.7 Å². The zero-order chi connectivity index (χ0) is 21.2. The fourth-order valence-electron chi connectivity index (χ4n) is 3.70. The highest BCUT2D eigenvalue weighted by Gasteiger charge is 2.31. The molecule has 29 heavy (non-hydrogen) atoms. The van der Waals surface area contributed by atoms with E-state index in [1.54, 1.807) is 38.2 Å². The summed E-state index contributed by atoms with van der Waals surface area (Å²) in [7, 11) is -2.00. The van der Waals surface area contributed by atoms with Gasteiger partial charge in [-0.1, -0.05) is 24.6 Å². The first kappa shape index (κ1) is 21.5. The average molecular weight is 419 g/mol. The third-order valence-electron chi connectivity index (χ3n) is 5.47. The lowest BCUT2D eigenvalue weighted by molar-refractivity contribution is 0.0784. The van der Waals surface area contributed by atoms with Crippen LogP contribution in [0.4, 0.5) is 4.39 Å². The van der Waals surface area contributed by atoms with E-state index in [9.17, 15) is 17.6 Å². The summed E-state index contributed by atoms with van der Waals surface area (Å²) in [4.78, 5) is 14.7. The summed E-state index contributed by atoms with van der Waals surface area (Å²) in [6.07, 6.45) is 2.72. The minimum absolute atomic E-state index is 0.0460. The molecule has 1 saturated heterocycles. The predicted octanol–water partition coefficient (Wildman–Crippen LogP) is 3.97. The van der Waals surface area contributed by atoms with Gasteiger partial charge in [0, 0.05) is 31.7 Å². The Balaban J connectivity index is 1.86. The Morgan fingerprint density at radius 2 is 1.86 bits per heavy atom. The summed E-state index contributed by atoms with van der Waals surface area (Å²) in [5, 5.41) is 0. The second-order valence-electron chi connectivity index (χ2n) is 7.72. The fraction of sp³-hybridized carbons (Fsp3) is 0.409. The maximum Gasteiger partial charge on any atom is 0.254 e. The first-order valence-electron chi connectivity index (χ1n) is 9.82. The molecule has 1 aliphatic heterocycles. The lowest BCUT2D eigenvalue weighted by Gasteiger charge is -2.32. The van der Waals surface area contributed by atoms with E-state index in [0.29, 0.717) is 24.2 Å². The topological polar surface area (TPSA) is 57.7 Å². The van der Waals surface area contributed by atoms with Gasteiger partial charge in [0.2, 0.25) is 10.0 Å². The number of piperidine rings is 1. The Hall–Kier alpha value is -2.25. The number of nitrogens with zero attached hydrogens (tertiary/aromatic N) is 2. The average Bonchev–Trinajstić information content (AvgIpc) is 2.69. The molecule has 7 heteroatoms. The molecule has 156 valence electrons. The zero-order valence-electron chi connectivity index (χ0n) is 17.1. The Morgan fingerprint density at radius 1 is 1.17 bits per heavy atom. The Morgan fingerprint density at radius 3 is 2.52 bits per heavy atom. The number of benzene rings is 2. The number of halogens is 1. The summed E-state index contributed by atoms with van der Waals surface area (Å²) < 4.78 is 40.9. The number of rotatable bonds is 5. The van der Waals surface area contributed by atoms with Crippen LogP contribution in [0.3, 0.4) is 0 Å². The molecule has 1 amide bonds. The highest BCUT2D eigenvalue weighted by Crippen LogP contribution is 2.27. The van der Waals surface area contributed by atoms with Gasteiger partial charge in [0.05, 0.1) is 4.90 Å². The van der Waals surface area contributed by atoms with Crippen LogP contribution in [0.25, 0.3) is 0 Å². The highest BCUT2D eigenvalue weighted by molar-refractivity contribution is 7.89. The lowest BCUT2D eigenvalue weighted by atomic mass is 10.1. The summed E-state index contributed by atoms with van der Waals surface area (Å²) in [6, 6.07) is 10.7. The molecule has 5 nitrogen and oxygen atoms in total. The predicted molar refractivity (Wildman–Crippen MR) is 111 cm³/mol. The van der Waals surface area contributed by atoms with E-state index in [4.69, 9.17) is 0 Å². The smallest absolute Gasteiger partial charge is 0.254 e. The number of aryl methyl sites for hydroxylation is 1. The van der Waals surface area contributed by atoms with E-state index >= 15 is 0 Å². The molecule has 2 aromatic rings. The van der Waals surface area contributed by atoms with E-state index in [1.165, 1.54) is 27.4 Å². The van der Waals surface area contributed by atoms with E-state index in [2.05, 4.69) is 0 Å². The monoisotopic (exact) mass is 418 g/mol. The van der Waals surface area contributed by atoms with Gasteiger partial charge >= 0.3 is 0 Å². The van der Waals surface area contributed by atoms with Gasteiger partial charge in [0.15, 0.2) is 0 Å². The first-order valence-corrected chi connectivity index (χ1v) is 11.3. The van der Waals surface area contributed by atoms with Crippen LogP contribution in [0.5, 0.6) is 0 Å². The lowest BCUT2D eigenvalue weighted by Crippen LogP contribution is -2.42. The maximum atomic E-state index is 13.1. The molecule has 0 N–H and O–H groups in total. The van der Waals surface area contributed by atoms with Crippen molar-refractivity contribution >= 4 is 15.9 Å². The van der Waals surface area contributed by atoms with Gasteiger partial charge in [-0.3, -0.25) is 4.79 Å². The van der Waals surface area contributed by atoms with Crippen molar-refractivity contribution in [3.8, 4) is 0 Å². The summed E-state index contributed by atoms with van der Waals surface area (Å²) in [5.74, 6) is -0.598. The molecular formula is C22H27FN2O3S. The highest BCUT2D eigenvalue weighted by atomic mass is 32.2. The summed E-state index contributed by atoms with van der Waals surface area (Å²) in [6.45, 7) is 4.52. The van der Waals surface area contributed by atoms with E-state index in [0.717, 1.165) is 24.8 Å². The Labute approximate surface area is 172 Å². The molecule has 1 atom stereocenters. The molecule has 2 aromatic carbocycles. The second-order valence-corrected chi connectivity index (χ2v) is 9.62. The minimum Gasteiger partial charge on any atom is -0.337 e. The SMILES string of the molecule is Cc1ccc(S(=O)(=O)N2CCCCC2C)cc1C(=O)N(C)Cc1ccc(F)cc1. The van der Waals surface area contributed by atoms with Gasteiger partial charge in [0.25, 0.3) is 5.91 Å². The third kappa shape index (κ3) is 4.67. The van der Waals surface area contributed by atoms with Gasteiger partial charge in [-0.05, 0) is 62.1 Å². The number of sulfonamides is 1. The molecule has 0 aliphatic carbocycles. The molecule has 0 saturated carbocycles. The minimum atomic E-state index is -3.65. The molecule has 0 bridgehead atoms. The third-order valence-corrected chi connectivity index (χ3v) is 7.48. The molecule has 0 spiro atoms. The molecule has 1 heterocycles. The van der Waals surface area contributed by atoms with Crippen molar-refractivity contribution in [2.75, 3.05) is 13.6 Å². The fourth-order valence-corrected chi connectivity index (χ4v) is 5.42. The number of carbonyl (C=O) groups is 1. The van der Waals surface area contributed by atoms with Crippen LogP contribution in [0.2, 0.25) is 0 Å². The van der Waals surface area contributed by atoms with Gasteiger partial charge in [-0.25, -0.2) is 12.8 Å². The number of amides is 1. The normalized spacial score (nSPS) is 17.9. The standard InChI is InChI=1S/C22H27FN2O3S/c1-16-7-12-20(29(27,28)25-13-5-4-6-17(25)2)14-21(16)22(26)24(3)15-18-8-10-19(23)11-9-18/h7-12,14,17H,4-6,13,15H2,1-3H3. The van der Waals surface area contributed by atoms with Crippen LogP contribution in [0.1, 0.15) is 47.7 Å². The van der Waals surface area contributed by atoms with Crippen molar-refractivity contribution in [1.29, 1.82) is 0 Å². The van der Waals surface area contributed by atoms with Crippen molar-refractivity contribution in [3.63, 3.8) is 0 Å². The van der Waals surface area contributed by atoms with Crippen molar-refractivity contribution < 1.29 is 17.6 Å². The van der Waals surface area contributed by atoms with E-state index in [1.807, 2.05) is 6.92 Å². The maximum absolute atomic E-state index is 13.1. The van der Waals surface area contributed by atoms with Gasteiger partial charge < -0.3 is 4.90 Å². The Bertz CT molecular complexity index is 990. The molecule has 0 radical (unpaired) electrons. The molecular weight excluding hydrogens is 391 g/mol. The van der Waals surface area contributed by atoms with Crippen LogP contribution >= 0.6 is 0 Å². The van der Waals surface area contributed by atoms with Gasteiger partial charge in [-0.15, -0.1) is 0 Å².